The molecule has 0 spiro atoms. The normalized spacial score (nSPS) is 10.9. The van der Waals surface area contributed by atoms with E-state index in [9.17, 15) is 4.79 Å². The van der Waals surface area contributed by atoms with Crippen molar-refractivity contribution in [1.29, 1.82) is 0 Å². The number of anilines is 1. The third-order valence-electron chi connectivity index (χ3n) is 4.17. The molecule has 150 valence electrons. The number of rotatable bonds is 8. The van der Waals surface area contributed by atoms with Gasteiger partial charge in [0.15, 0.2) is 11.5 Å². The molecular weight excluding hydrogens is 434 g/mol. The third-order valence-corrected chi connectivity index (χ3v) is 4.76. The zero-order chi connectivity index (χ0) is 20.6. The molecule has 0 unspecified atom stereocenters. The SMILES string of the molecule is CCOc1c(Br)cc(/C=N\NC(=O)CNc2cccc3ccccc23)cc1OC. The van der Waals surface area contributed by atoms with Crippen molar-refractivity contribution in [2.45, 2.75) is 6.92 Å². The summed E-state index contributed by atoms with van der Waals surface area (Å²) in [5.41, 5.74) is 4.20. The third kappa shape index (κ3) is 5.26. The molecule has 3 aromatic carbocycles. The summed E-state index contributed by atoms with van der Waals surface area (Å²) in [5.74, 6) is 0.980. The molecule has 0 bridgehead atoms. The molecule has 0 saturated carbocycles. The molecule has 0 atom stereocenters. The molecule has 0 radical (unpaired) electrons. The largest absolute Gasteiger partial charge is 0.493 e. The Morgan fingerprint density at radius 1 is 1.17 bits per heavy atom. The van der Waals surface area contributed by atoms with Crippen LogP contribution in [0.1, 0.15) is 12.5 Å². The number of hydrazone groups is 1. The monoisotopic (exact) mass is 455 g/mol. The molecular formula is C22H22BrN3O3. The summed E-state index contributed by atoms with van der Waals surface area (Å²) in [6.45, 7) is 2.55. The highest BCUT2D eigenvalue weighted by molar-refractivity contribution is 9.10. The van der Waals surface area contributed by atoms with E-state index in [-0.39, 0.29) is 12.5 Å². The Bertz CT molecular complexity index is 1030. The van der Waals surface area contributed by atoms with Gasteiger partial charge < -0.3 is 14.8 Å². The first kappa shape index (κ1) is 20.7. The van der Waals surface area contributed by atoms with E-state index in [1.807, 2.05) is 55.5 Å². The average molecular weight is 456 g/mol. The van der Waals surface area contributed by atoms with Crippen LogP contribution >= 0.6 is 15.9 Å². The number of hydrogen-bond acceptors (Lipinski definition) is 5. The molecule has 7 heteroatoms. The minimum Gasteiger partial charge on any atom is -0.493 e. The van der Waals surface area contributed by atoms with Crippen LogP contribution in [0, 0.1) is 0 Å². The Kier molecular flexibility index (Phi) is 7.08. The number of methoxy groups -OCH3 is 1. The molecule has 0 aromatic heterocycles. The number of nitrogens with one attached hydrogen (secondary N) is 2. The van der Waals surface area contributed by atoms with Crippen LogP contribution in [0.2, 0.25) is 0 Å². The van der Waals surface area contributed by atoms with Gasteiger partial charge in [0.25, 0.3) is 5.91 Å². The van der Waals surface area contributed by atoms with Crippen LogP contribution in [0.3, 0.4) is 0 Å². The first-order chi connectivity index (χ1) is 14.1. The van der Waals surface area contributed by atoms with E-state index >= 15 is 0 Å². The van der Waals surface area contributed by atoms with Gasteiger partial charge in [-0.25, -0.2) is 5.43 Å². The Balaban J connectivity index is 1.60. The van der Waals surface area contributed by atoms with Crippen molar-refractivity contribution in [3.8, 4) is 11.5 Å². The van der Waals surface area contributed by atoms with Gasteiger partial charge in [-0.3, -0.25) is 4.79 Å². The van der Waals surface area contributed by atoms with E-state index < -0.39 is 0 Å². The van der Waals surface area contributed by atoms with Crippen molar-refractivity contribution >= 4 is 44.5 Å². The molecule has 3 aromatic rings. The van der Waals surface area contributed by atoms with Gasteiger partial charge in [-0.15, -0.1) is 0 Å². The van der Waals surface area contributed by atoms with Gasteiger partial charge >= 0.3 is 0 Å². The minimum absolute atomic E-state index is 0.113. The second kappa shape index (κ2) is 9.93. The number of fused-ring (bicyclic) bond motifs is 1. The molecule has 2 N–H and O–H groups in total. The van der Waals surface area contributed by atoms with Gasteiger partial charge in [0, 0.05) is 11.1 Å². The predicted octanol–water partition coefficient (Wildman–Crippen LogP) is 4.57. The predicted molar refractivity (Wildman–Crippen MR) is 120 cm³/mol. The second-order valence-electron chi connectivity index (χ2n) is 6.14. The Morgan fingerprint density at radius 3 is 2.76 bits per heavy atom. The van der Waals surface area contributed by atoms with E-state index in [1.165, 1.54) is 0 Å². The van der Waals surface area contributed by atoms with Gasteiger partial charge in [-0.05, 0) is 52.0 Å². The average Bonchev–Trinajstić information content (AvgIpc) is 2.74. The first-order valence-corrected chi connectivity index (χ1v) is 9.95. The van der Waals surface area contributed by atoms with Crippen molar-refractivity contribution < 1.29 is 14.3 Å². The molecule has 0 aliphatic heterocycles. The number of nitrogens with zero attached hydrogens (tertiary/aromatic N) is 1. The fourth-order valence-electron chi connectivity index (χ4n) is 2.87. The van der Waals surface area contributed by atoms with Crippen molar-refractivity contribution in [3.63, 3.8) is 0 Å². The number of benzene rings is 3. The Morgan fingerprint density at radius 2 is 1.97 bits per heavy atom. The lowest BCUT2D eigenvalue weighted by molar-refractivity contribution is -0.119. The summed E-state index contributed by atoms with van der Waals surface area (Å²) in [6, 6.07) is 17.6. The number of halogens is 1. The molecule has 0 aliphatic carbocycles. The van der Waals surface area contributed by atoms with Gasteiger partial charge in [0.2, 0.25) is 0 Å². The fourth-order valence-corrected chi connectivity index (χ4v) is 3.45. The summed E-state index contributed by atoms with van der Waals surface area (Å²) in [7, 11) is 1.58. The summed E-state index contributed by atoms with van der Waals surface area (Å²) < 4.78 is 11.7. The molecule has 29 heavy (non-hydrogen) atoms. The number of carbonyl (C=O) groups is 1. The zero-order valence-corrected chi connectivity index (χ0v) is 17.8. The molecule has 6 nitrogen and oxygen atoms in total. The Labute approximate surface area is 178 Å². The van der Waals surface area contributed by atoms with Crippen molar-refractivity contribution in [2.24, 2.45) is 5.10 Å². The number of hydrogen-bond donors (Lipinski definition) is 2. The lowest BCUT2D eigenvalue weighted by Crippen LogP contribution is -2.25. The maximum Gasteiger partial charge on any atom is 0.259 e. The van der Waals surface area contributed by atoms with Crippen LogP contribution < -0.4 is 20.2 Å². The summed E-state index contributed by atoms with van der Waals surface area (Å²) in [6.07, 6.45) is 1.55. The van der Waals surface area contributed by atoms with Crippen molar-refractivity contribution in [1.82, 2.24) is 5.43 Å². The zero-order valence-electron chi connectivity index (χ0n) is 16.2. The van der Waals surface area contributed by atoms with Crippen molar-refractivity contribution in [2.75, 3.05) is 25.6 Å². The smallest absolute Gasteiger partial charge is 0.259 e. The number of amides is 1. The van der Waals surface area contributed by atoms with Crippen LogP contribution in [-0.2, 0) is 4.79 Å². The standard InChI is InChI=1S/C22H22BrN3O3/c1-3-29-22-18(23)11-15(12-20(22)28-2)13-25-26-21(27)14-24-19-10-6-8-16-7-4-5-9-17(16)19/h4-13,24H,3,14H2,1-2H3,(H,26,27)/b25-13-. The molecule has 0 fully saturated rings. The number of carbonyl (C=O) groups excluding carboxylic acids is 1. The van der Waals surface area contributed by atoms with E-state index in [4.69, 9.17) is 9.47 Å². The lowest BCUT2D eigenvalue weighted by Gasteiger charge is -2.12. The molecule has 0 saturated heterocycles. The summed E-state index contributed by atoms with van der Waals surface area (Å²) >= 11 is 3.47. The van der Waals surface area contributed by atoms with Gasteiger partial charge in [0.05, 0.1) is 30.9 Å². The highest BCUT2D eigenvalue weighted by Crippen LogP contribution is 2.36. The van der Waals surface area contributed by atoms with Gasteiger partial charge in [0.1, 0.15) is 0 Å². The first-order valence-electron chi connectivity index (χ1n) is 9.16. The molecule has 3 rings (SSSR count). The fraction of sp³-hybridized carbons (Fsp3) is 0.182. The second-order valence-corrected chi connectivity index (χ2v) is 6.99. The van der Waals surface area contributed by atoms with E-state index in [0.29, 0.717) is 18.1 Å². The van der Waals surface area contributed by atoms with Crippen LogP contribution in [0.4, 0.5) is 5.69 Å². The summed E-state index contributed by atoms with van der Waals surface area (Å²) in [4.78, 5) is 12.1. The van der Waals surface area contributed by atoms with Crippen LogP contribution in [0.25, 0.3) is 10.8 Å². The lowest BCUT2D eigenvalue weighted by atomic mass is 10.1. The van der Waals surface area contributed by atoms with E-state index in [2.05, 4.69) is 31.8 Å². The summed E-state index contributed by atoms with van der Waals surface area (Å²) in [5, 5.41) is 9.37. The van der Waals surface area contributed by atoms with Crippen LogP contribution in [-0.4, -0.2) is 32.4 Å². The molecule has 0 aliphatic rings. The van der Waals surface area contributed by atoms with Gasteiger partial charge in [-0.2, -0.15) is 5.10 Å². The molecule has 0 heterocycles. The maximum absolute atomic E-state index is 12.1. The van der Waals surface area contributed by atoms with Crippen molar-refractivity contribution in [3.05, 3.63) is 64.6 Å². The Hall–Kier alpha value is -3.06. The highest BCUT2D eigenvalue weighted by atomic mass is 79.9. The maximum atomic E-state index is 12.1. The van der Waals surface area contributed by atoms with E-state index in [1.54, 1.807) is 19.4 Å². The van der Waals surface area contributed by atoms with E-state index in [0.717, 1.165) is 26.5 Å². The van der Waals surface area contributed by atoms with Crippen LogP contribution in [0.5, 0.6) is 11.5 Å². The highest BCUT2D eigenvalue weighted by Gasteiger charge is 2.10. The number of ether oxygens (including phenoxy) is 2. The quantitative estimate of drug-likeness (QED) is 0.385. The topological polar surface area (TPSA) is 72.0 Å². The minimum atomic E-state index is -0.244. The van der Waals surface area contributed by atoms with Crippen LogP contribution in [0.15, 0.2) is 64.2 Å². The van der Waals surface area contributed by atoms with Gasteiger partial charge in [-0.1, -0.05) is 36.4 Å². The molecule has 1 amide bonds.